The van der Waals surface area contributed by atoms with Crippen molar-refractivity contribution in [3.63, 3.8) is 0 Å². The molecule has 142 valence electrons. The predicted octanol–water partition coefficient (Wildman–Crippen LogP) is 7.70. The Morgan fingerprint density at radius 3 is 2.45 bits per heavy atom. The van der Waals surface area contributed by atoms with Gasteiger partial charge in [0.1, 0.15) is 5.76 Å². The van der Waals surface area contributed by atoms with Crippen molar-refractivity contribution in [2.24, 2.45) is 0 Å². The molecule has 0 unspecified atom stereocenters. The molecule has 3 nitrogen and oxygen atoms in total. The van der Waals surface area contributed by atoms with Crippen molar-refractivity contribution in [1.29, 1.82) is 0 Å². The highest BCUT2D eigenvalue weighted by Crippen LogP contribution is 2.49. The lowest BCUT2D eigenvalue weighted by Crippen LogP contribution is -2.28. The van der Waals surface area contributed by atoms with Crippen LogP contribution >= 0.6 is 35.0 Å². The van der Waals surface area contributed by atoms with Gasteiger partial charge in [0.25, 0.3) is 5.91 Å². The number of anilines is 2. The SMILES string of the molecule is O=C(c1ccc(-c2ccccc2Cl)o1)N1c2ccccc2Sc2ccc(Cl)cc21. The molecule has 0 aliphatic carbocycles. The van der Waals surface area contributed by atoms with E-state index in [1.807, 2.05) is 54.6 Å². The number of amides is 1. The molecule has 1 aliphatic rings. The quantitative estimate of drug-likeness (QED) is 0.322. The number of hydrogen-bond donors (Lipinski definition) is 0. The number of carbonyl (C=O) groups is 1. The summed E-state index contributed by atoms with van der Waals surface area (Å²) in [4.78, 5) is 17.1. The van der Waals surface area contributed by atoms with Crippen molar-refractivity contribution >= 4 is 52.2 Å². The molecule has 0 N–H and O–H groups in total. The average molecular weight is 438 g/mol. The molecule has 0 spiro atoms. The van der Waals surface area contributed by atoms with E-state index in [9.17, 15) is 4.79 Å². The molecule has 1 amide bonds. The largest absolute Gasteiger partial charge is 0.451 e. The molecule has 0 atom stereocenters. The van der Waals surface area contributed by atoms with Crippen LogP contribution < -0.4 is 4.90 Å². The fraction of sp³-hybridized carbons (Fsp3) is 0. The van der Waals surface area contributed by atoms with E-state index in [-0.39, 0.29) is 11.7 Å². The first kappa shape index (κ1) is 18.4. The van der Waals surface area contributed by atoms with Gasteiger partial charge in [-0.2, -0.15) is 0 Å². The van der Waals surface area contributed by atoms with E-state index >= 15 is 0 Å². The number of benzene rings is 3. The van der Waals surface area contributed by atoms with E-state index in [1.165, 1.54) is 0 Å². The van der Waals surface area contributed by atoms with Crippen LogP contribution in [0.15, 0.2) is 93.1 Å². The molecule has 0 saturated carbocycles. The predicted molar refractivity (Wildman–Crippen MR) is 118 cm³/mol. The lowest BCUT2D eigenvalue weighted by Gasteiger charge is -2.30. The van der Waals surface area contributed by atoms with E-state index in [4.69, 9.17) is 27.6 Å². The summed E-state index contributed by atoms with van der Waals surface area (Å²) >= 11 is 14.1. The number of halogens is 2. The number of hydrogen-bond acceptors (Lipinski definition) is 3. The Morgan fingerprint density at radius 2 is 1.59 bits per heavy atom. The van der Waals surface area contributed by atoms with Crippen LogP contribution in [0.3, 0.4) is 0 Å². The summed E-state index contributed by atoms with van der Waals surface area (Å²) in [5, 5.41) is 1.13. The van der Waals surface area contributed by atoms with E-state index in [1.54, 1.807) is 40.9 Å². The molecule has 29 heavy (non-hydrogen) atoms. The Morgan fingerprint density at radius 1 is 0.828 bits per heavy atom. The second-order valence-corrected chi connectivity index (χ2v) is 8.39. The fourth-order valence-electron chi connectivity index (χ4n) is 3.32. The van der Waals surface area contributed by atoms with Gasteiger partial charge in [0.15, 0.2) is 5.76 Å². The van der Waals surface area contributed by atoms with Gasteiger partial charge in [-0.05, 0) is 54.6 Å². The third-order valence-corrected chi connectivity index (χ3v) is 6.34. The lowest BCUT2D eigenvalue weighted by atomic mass is 10.2. The Bertz CT molecular complexity index is 1250. The van der Waals surface area contributed by atoms with E-state index in [0.717, 1.165) is 26.7 Å². The summed E-state index contributed by atoms with van der Waals surface area (Å²) < 4.78 is 5.91. The normalized spacial score (nSPS) is 12.4. The highest BCUT2D eigenvalue weighted by molar-refractivity contribution is 7.99. The molecule has 5 rings (SSSR count). The summed E-state index contributed by atoms with van der Waals surface area (Å²) in [6.45, 7) is 0. The van der Waals surface area contributed by atoms with Crippen LogP contribution in [-0.2, 0) is 0 Å². The molecule has 1 aromatic heterocycles. The van der Waals surface area contributed by atoms with Crippen LogP contribution in [0, 0.1) is 0 Å². The number of fused-ring (bicyclic) bond motifs is 2. The van der Waals surface area contributed by atoms with Gasteiger partial charge in [-0.25, -0.2) is 0 Å². The summed E-state index contributed by atoms with van der Waals surface area (Å²) in [6, 6.07) is 24.1. The zero-order valence-electron chi connectivity index (χ0n) is 14.9. The number of nitrogens with zero attached hydrogens (tertiary/aromatic N) is 1. The Hall–Kier alpha value is -2.66. The average Bonchev–Trinajstić information content (AvgIpc) is 3.22. The Kier molecular flexibility index (Phi) is 4.63. The third kappa shape index (κ3) is 3.23. The van der Waals surface area contributed by atoms with E-state index < -0.39 is 0 Å². The molecule has 0 fully saturated rings. The molecule has 6 heteroatoms. The van der Waals surface area contributed by atoms with Gasteiger partial charge in [0, 0.05) is 20.4 Å². The molecule has 0 saturated heterocycles. The van der Waals surface area contributed by atoms with Gasteiger partial charge in [-0.15, -0.1) is 0 Å². The van der Waals surface area contributed by atoms with E-state index in [2.05, 4.69) is 0 Å². The molecular formula is C23H13Cl2NO2S. The minimum Gasteiger partial charge on any atom is -0.451 e. The van der Waals surface area contributed by atoms with Gasteiger partial charge >= 0.3 is 0 Å². The third-order valence-electron chi connectivity index (χ3n) is 4.65. The van der Waals surface area contributed by atoms with Crippen LogP contribution in [0.2, 0.25) is 10.0 Å². The highest BCUT2D eigenvalue weighted by atomic mass is 35.5. The molecule has 0 bridgehead atoms. The maximum atomic E-state index is 13.5. The van der Waals surface area contributed by atoms with Crippen LogP contribution in [0.4, 0.5) is 11.4 Å². The lowest BCUT2D eigenvalue weighted by molar-refractivity contribution is 0.0972. The molecular weight excluding hydrogens is 425 g/mol. The molecule has 1 aliphatic heterocycles. The van der Waals surface area contributed by atoms with Gasteiger partial charge in [-0.3, -0.25) is 9.69 Å². The maximum absolute atomic E-state index is 13.5. The first-order chi connectivity index (χ1) is 14.1. The summed E-state index contributed by atoms with van der Waals surface area (Å²) in [6.07, 6.45) is 0. The first-order valence-corrected chi connectivity index (χ1v) is 10.4. The van der Waals surface area contributed by atoms with Crippen molar-refractivity contribution in [3.8, 4) is 11.3 Å². The van der Waals surface area contributed by atoms with Crippen LogP contribution in [-0.4, -0.2) is 5.91 Å². The zero-order chi connectivity index (χ0) is 20.0. The second kappa shape index (κ2) is 7.30. The van der Waals surface area contributed by atoms with Crippen molar-refractivity contribution in [2.75, 3.05) is 4.90 Å². The Balaban J connectivity index is 1.61. The number of para-hydroxylation sites is 1. The van der Waals surface area contributed by atoms with Crippen LogP contribution in [0.25, 0.3) is 11.3 Å². The molecule has 3 aromatic carbocycles. The topological polar surface area (TPSA) is 33.5 Å². The first-order valence-electron chi connectivity index (χ1n) is 8.87. The zero-order valence-corrected chi connectivity index (χ0v) is 17.3. The van der Waals surface area contributed by atoms with Crippen LogP contribution in [0.1, 0.15) is 10.6 Å². The van der Waals surface area contributed by atoms with Gasteiger partial charge < -0.3 is 4.42 Å². The number of rotatable bonds is 2. The van der Waals surface area contributed by atoms with Gasteiger partial charge in [0.2, 0.25) is 0 Å². The van der Waals surface area contributed by atoms with Gasteiger partial charge in [-0.1, -0.05) is 59.2 Å². The maximum Gasteiger partial charge on any atom is 0.298 e. The van der Waals surface area contributed by atoms with E-state index in [0.29, 0.717) is 15.8 Å². The Labute approximate surface area is 181 Å². The fourth-order valence-corrected chi connectivity index (χ4v) is 4.75. The smallest absolute Gasteiger partial charge is 0.298 e. The second-order valence-electron chi connectivity index (χ2n) is 6.47. The van der Waals surface area contributed by atoms with Crippen molar-refractivity contribution in [2.45, 2.75) is 9.79 Å². The van der Waals surface area contributed by atoms with Gasteiger partial charge in [0.05, 0.1) is 16.4 Å². The van der Waals surface area contributed by atoms with Crippen molar-refractivity contribution in [3.05, 3.63) is 94.7 Å². The summed E-state index contributed by atoms with van der Waals surface area (Å²) in [5.74, 6) is 0.511. The minimum atomic E-state index is -0.264. The number of furan rings is 1. The summed E-state index contributed by atoms with van der Waals surface area (Å²) in [7, 11) is 0. The monoisotopic (exact) mass is 437 g/mol. The van der Waals surface area contributed by atoms with Crippen molar-refractivity contribution in [1.82, 2.24) is 0 Å². The standard InChI is InChI=1S/C23H13Cl2NO2S/c24-14-9-12-22-18(13-14)26(17-7-3-4-8-21(17)29-22)23(27)20-11-10-19(28-20)15-5-1-2-6-16(15)25/h1-13H. The van der Waals surface area contributed by atoms with Crippen LogP contribution in [0.5, 0.6) is 0 Å². The molecule has 0 radical (unpaired) electrons. The molecule has 2 heterocycles. The summed E-state index contributed by atoms with van der Waals surface area (Å²) in [5.41, 5.74) is 2.28. The highest BCUT2D eigenvalue weighted by Gasteiger charge is 2.31. The van der Waals surface area contributed by atoms with Crippen molar-refractivity contribution < 1.29 is 9.21 Å². The number of carbonyl (C=O) groups excluding carboxylic acids is 1. The molecule has 4 aromatic rings. The minimum absolute atomic E-state index is 0.229.